The predicted octanol–water partition coefficient (Wildman–Crippen LogP) is 2.19. The lowest BCUT2D eigenvalue weighted by atomic mass is 10.1. The molecule has 0 unspecified atom stereocenters. The van der Waals surface area contributed by atoms with Crippen molar-refractivity contribution in [1.82, 2.24) is 0 Å². The topological polar surface area (TPSA) is 38.7 Å². The highest BCUT2D eigenvalue weighted by Gasteiger charge is 2.43. The smallest absolute Gasteiger partial charge is 0.164 e. The Morgan fingerprint density at radius 2 is 2.06 bits per heavy atom. The Morgan fingerprint density at radius 1 is 1.31 bits per heavy atom. The maximum absolute atomic E-state index is 9.54. The molecule has 0 radical (unpaired) electrons. The van der Waals surface area contributed by atoms with E-state index in [1.807, 2.05) is 19.1 Å². The van der Waals surface area contributed by atoms with E-state index in [0.717, 1.165) is 23.5 Å². The van der Waals surface area contributed by atoms with Crippen LogP contribution in [0.3, 0.4) is 0 Å². The number of aliphatic hydroxyl groups excluding tert-OH is 1. The number of rotatable bonds is 4. The van der Waals surface area contributed by atoms with Crippen LogP contribution in [0.2, 0.25) is 0 Å². The largest absolute Gasteiger partial charge is 0.493 e. The van der Waals surface area contributed by atoms with Gasteiger partial charge in [-0.2, -0.15) is 0 Å². The molecule has 3 nitrogen and oxygen atoms in total. The maximum Gasteiger partial charge on any atom is 0.164 e. The summed E-state index contributed by atoms with van der Waals surface area (Å²) in [7, 11) is 3.29. The van der Waals surface area contributed by atoms with Crippen molar-refractivity contribution in [3.05, 3.63) is 23.8 Å². The van der Waals surface area contributed by atoms with Gasteiger partial charge in [-0.25, -0.2) is 0 Å². The second-order valence-corrected chi connectivity index (χ2v) is 4.33. The van der Waals surface area contributed by atoms with Crippen LogP contribution in [0.4, 0.5) is 0 Å². The van der Waals surface area contributed by atoms with Crippen LogP contribution < -0.4 is 9.47 Å². The first-order chi connectivity index (χ1) is 7.69. The molecule has 1 saturated carbocycles. The van der Waals surface area contributed by atoms with E-state index in [1.165, 1.54) is 0 Å². The Balaban J connectivity index is 2.28. The van der Waals surface area contributed by atoms with Crippen molar-refractivity contribution in [2.24, 2.45) is 5.92 Å². The Bertz CT molecular complexity index is 373. The lowest BCUT2D eigenvalue weighted by molar-refractivity contribution is 0.168. The Labute approximate surface area is 96.0 Å². The van der Waals surface area contributed by atoms with Gasteiger partial charge in [-0.15, -0.1) is 0 Å². The van der Waals surface area contributed by atoms with Crippen molar-refractivity contribution in [2.75, 3.05) is 14.2 Å². The van der Waals surface area contributed by atoms with Crippen molar-refractivity contribution in [1.29, 1.82) is 0 Å². The zero-order valence-corrected chi connectivity index (χ0v) is 9.93. The highest BCUT2D eigenvalue weighted by atomic mass is 16.5. The molecule has 0 aromatic heterocycles. The fourth-order valence-corrected chi connectivity index (χ4v) is 2.31. The van der Waals surface area contributed by atoms with Crippen LogP contribution in [0.15, 0.2) is 18.2 Å². The van der Waals surface area contributed by atoms with Crippen LogP contribution in [0.1, 0.15) is 24.8 Å². The summed E-state index contributed by atoms with van der Waals surface area (Å²) in [6, 6.07) is 5.91. The monoisotopic (exact) mass is 222 g/mol. The lowest BCUT2D eigenvalue weighted by Crippen LogP contribution is -2.04. The second-order valence-electron chi connectivity index (χ2n) is 4.33. The molecule has 1 N–H and O–H groups in total. The van der Waals surface area contributed by atoms with Gasteiger partial charge in [-0.1, -0.05) is 12.1 Å². The molecule has 0 heterocycles. The van der Waals surface area contributed by atoms with Crippen LogP contribution in [0, 0.1) is 5.92 Å². The van der Waals surface area contributed by atoms with E-state index >= 15 is 0 Å². The third-order valence-corrected chi connectivity index (χ3v) is 3.29. The first-order valence-corrected chi connectivity index (χ1v) is 5.58. The number of para-hydroxylation sites is 1. The molecule has 1 aromatic rings. The van der Waals surface area contributed by atoms with Crippen molar-refractivity contribution in [2.45, 2.75) is 25.4 Å². The van der Waals surface area contributed by atoms with Crippen LogP contribution in [-0.4, -0.2) is 25.4 Å². The third kappa shape index (κ3) is 1.87. The molecule has 0 bridgehead atoms. The van der Waals surface area contributed by atoms with E-state index < -0.39 is 0 Å². The molecule has 0 saturated heterocycles. The summed E-state index contributed by atoms with van der Waals surface area (Å²) in [5, 5.41) is 9.54. The number of hydrogen-bond acceptors (Lipinski definition) is 3. The molecule has 2 rings (SSSR count). The molecule has 1 aliphatic carbocycles. The van der Waals surface area contributed by atoms with Crippen LogP contribution in [-0.2, 0) is 0 Å². The molecule has 0 spiro atoms. The molecule has 3 atom stereocenters. The zero-order valence-electron chi connectivity index (χ0n) is 9.93. The van der Waals surface area contributed by atoms with Crippen molar-refractivity contribution in [3.63, 3.8) is 0 Å². The van der Waals surface area contributed by atoms with E-state index in [-0.39, 0.29) is 6.10 Å². The van der Waals surface area contributed by atoms with Gasteiger partial charge in [-0.3, -0.25) is 0 Å². The molecule has 1 aliphatic rings. The summed E-state index contributed by atoms with van der Waals surface area (Å²) in [5.74, 6) is 2.33. The van der Waals surface area contributed by atoms with E-state index in [4.69, 9.17) is 9.47 Å². The number of hydrogen-bond donors (Lipinski definition) is 1. The highest BCUT2D eigenvalue weighted by Crippen LogP contribution is 2.53. The summed E-state index contributed by atoms with van der Waals surface area (Å²) in [4.78, 5) is 0. The maximum atomic E-state index is 9.54. The SMILES string of the molecule is COc1cccc([C@@H]2C[C@@H]2[C@H](C)O)c1OC. The number of ether oxygens (including phenoxy) is 2. The summed E-state index contributed by atoms with van der Waals surface area (Å²) in [6.07, 6.45) is 0.780. The molecule has 3 heteroatoms. The third-order valence-electron chi connectivity index (χ3n) is 3.29. The van der Waals surface area contributed by atoms with Gasteiger partial charge in [-0.05, 0) is 31.2 Å². The van der Waals surface area contributed by atoms with Gasteiger partial charge >= 0.3 is 0 Å². The summed E-state index contributed by atoms with van der Waals surface area (Å²) in [6.45, 7) is 1.84. The average molecular weight is 222 g/mol. The fraction of sp³-hybridized carbons (Fsp3) is 0.538. The Hall–Kier alpha value is -1.22. The van der Waals surface area contributed by atoms with Gasteiger partial charge in [0, 0.05) is 5.56 Å². The first-order valence-electron chi connectivity index (χ1n) is 5.58. The molecule has 1 aromatic carbocycles. The van der Waals surface area contributed by atoms with E-state index in [2.05, 4.69) is 6.07 Å². The number of methoxy groups -OCH3 is 2. The zero-order chi connectivity index (χ0) is 11.7. The van der Waals surface area contributed by atoms with Crippen LogP contribution >= 0.6 is 0 Å². The van der Waals surface area contributed by atoms with Gasteiger partial charge in [0.2, 0.25) is 0 Å². The van der Waals surface area contributed by atoms with Crippen LogP contribution in [0.5, 0.6) is 11.5 Å². The second kappa shape index (κ2) is 4.34. The molecule has 0 amide bonds. The minimum absolute atomic E-state index is 0.249. The quantitative estimate of drug-likeness (QED) is 0.848. The predicted molar refractivity (Wildman–Crippen MR) is 62.1 cm³/mol. The Kier molecular flexibility index (Phi) is 3.06. The van der Waals surface area contributed by atoms with Gasteiger partial charge in [0.1, 0.15) is 0 Å². The number of benzene rings is 1. The minimum atomic E-state index is -0.249. The molecule has 16 heavy (non-hydrogen) atoms. The number of aliphatic hydroxyl groups is 1. The van der Waals surface area contributed by atoms with Gasteiger partial charge in [0.05, 0.1) is 20.3 Å². The van der Waals surface area contributed by atoms with E-state index in [9.17, 15) is 5.11 Å². The summed E-state index contributed by atoms with van der Waals surface area (Å²) < 4.78 is 10.7. The molecular formula is C13H18O3. The molecule has 88 valence electrons. The van der Waals surface area contributed by atoms with Crippen molar-refractivity contribution < 1.29 is 14.6 Å². The Morgan fingerprint density at radius 3 is 2.56 bits per heavy atom. The normalized spacial score (nSPS) is 25.0. The fourth-order valence-electron chi connectivity index (χ4n) is 2.31. The van der Waals surface area contributed by atoms with Gasteiger partial charge in [0.15, 0.2) is 11.5 Å². The van der Waals surface area contributed by atoms with Crippen molar-refractivity contribution in [3.8, 4) is 11.5 Å². The summed E-state index contributed by atoms with van der Waals surface area (Å²) >= 11 is 0. The molecule has 1 fully saturated rings. The van der Waals surface area contributed by atoms with Crippen molar-refractivity contribution >= 4 is 0 Å². The highest BCUT2D eigenvalue weighted by molar-refractivity contribution is 5.50. The minimum Gasteiger partial charge on any atom is -0.493 e. The van der Waals surface area contributed by atoms with E-state index in [1.54, 1.807) is 14.2 Å². The summed E-state index contributed by atoms with van der Waals surface area (Å²) in [5.41, 5.74) is 1.15. The average Bonchev–Trinajstić information content (AvgIpc) is 3.07. The first kappa shape index (κ1) is 11.3. The molecule has 0 aliphatic heterocycles. The van der Waals surface area contributed by atoms with E-state index in [0.29, 0.717) is 11.8 Å². The standard InChI is InChI=1S/C13H18O3/c1-8(14)10-7-11(10)9-5-4-6-12(15-2)13(9)16-3/h4-6,8,10-11,14H,7H2,1-3H3/t8-,10+,11-/m0/s1. The van der Waals surface area contributed by atoms with Crippen LogP contribution in [0.25, 0.3) is 0 Å². The van der Waals surface area contributed by atoms with Gasteiger partial charge in [0.25, 0.3) is 0 Å². The lowest BCUT2D eigenvalue weighted by Gasteiger charge is -2.12. The molecular weight excluding hydrogens is 204 g/mol. The van der Waals surface area contributed by atoms with Gasteiger partial charge < -0.3 is 14.6 Å².